The molecule has 1 fully saturated rings. The molecule has 3 rings (SSSR count). The van der Waals surface area contributed by atoms with Crippen LogP contribution < -0.4 is 0 Å². The van der Waals surface area contributed by atoms with Crippen LogP contribution >= 0.6 is 11.5 Å². The lowest BCUT2D eigenvalue weighted by Crippen LogP contribution is -2.32. The van der Waals surface area contributed by atoms with Gasteiger partial charge in [-0.05, 0) is 25.4 Å². The Bertz CT molecular complexity index is 445. The first kappa shape index (κ1) is 9.11. The van der Waals surface area contributed by atoms with Crippen molar-refractivity contribution < 1.29 is 10.0 Å². The van der Waals surface area contributed by atoms with E-state index in [4.69, 9.17) is 0 Å². The van der Waals surface area contributed by atoms with E-state index < -0.39 is 0 Å². The van der Waals surface area contributed by atoms with Crippen molar-refractivity contribution in [2.45, 2.75) is 25.9 Å². The minimum absolute atomic E-state index is 0.0275. The monoisotopic (exact) mass is 225 g/mol. The number of carbonyl (C=O) groups excluding carboxylic acids is 1. The predicted octanol–water partition coefficient (Wildman–Crippen LogP) is 1.69. The Morgan fingerprint density at radius 3 is 3.07 bits per heavy atom. The van der Waals surface area contributed by atoms with Gasteiger partial charge in [0.25, 0.3) is 0 Å². The molecule has 0 spiro atoms. The topological polar surface area (TPSA) is 56.7 Å². The summed E-state index contributed by atoms with van der Waals surface area (Å²) in [5.41, 5.74) is 2.08. The highest BCUT2D eigenvalue weighted by atomic mass is 32.1. The van der Waals surface area contributed by atoms with E-state index in [1.165, 1.54) is 11.5 Å². The number of nitrogens with zero attached hydrogens (tertiary/aromatic N) is 3. The molecule has 1 saturated heterocycles. The molecule has 2 atom stereocenters. The van der Waals surface area contributed by atoms with Gasteiger partial charge in [-0.2, -0.15) is 9.44 Å². The Labute approximate surface area is 91.0 Å². The molecule has 2 aliphatic rings. The van der Waals surface area contributed by atoms with E-state index in [0.29, 0.717) is 6.54 Å². The summed E-state index contributed by atoms with van der Waals surface area (Å²) >= 11 is 1.39. The number of fused-ring (bicyclic) bond motifs is 4. The number of hydrogen-bond acceptors (Lipinski definition) is 4. The molecule has 1 aromatic heterocycles. The highest BCUT2D eigenvalue weighted by Gasteiger charge is 2.47. The van der Waals surface area contributed by atoms with Crippen molar-refractivity contribution in [2.75, 3.05) is 6.54 Å². The third-order valence-electron chi connectivity index (χ3n) is 3.23. The molecule has 3 heterocycles. The second-order valence-electron chi connectivity index (χ2n) is 4.02. The molecule has 2 aliphatic heterocycles. The van der Waals surface area contributed by atoms with Crippen molar-refractivity contribution >= 4 is 17.6 Å². The highest BCUT2D eigenvalue weighted by molar-refractivity contribution is 7.06. The molecular formula is C9H11N3O2S. The number of hydrogen-bond donors (Lipinski definition) is 1. The zero-order valence-electron chi connectivity index (χ0n) is 8.47. The van der Waals surface area contributed by atoms with Crippen molar-refractivity contribution in [3.8, 4) is 0 Å². The fourth-order valence-corrected chi connectivity index (χ4v) is 3.47. The van der Waals surface area contributed by atoms with E-state index in [1.54, 1.807) is 4.90 Å². The summed E-state index contributed by atoms with van der Waals surface area (Å²) in [6.45, 7) is 4.50. The zero-order chi connectivity index (χ0) is 10.7. The molecular weight excluding hydrogens is 214 g/mol. The fraction of sp³-hybridized carbons (Fsp3) is 0.556. The van der Waals surface area contributed by atoms with Crippen molar-refractivity contribution in [1.82, 2.24) is 14.3 Å². The van der Waals surface area contributed by atoms with E-state index in [9.17, 15) is 10.0 Å². The van der Waals surface area contributed by atoms with Gasteiger partial charge in [-0.15, -0.1) is 0 Å². The van der Waals surface area contributed by atoms with Gasteiger partial charge in [0.2, 0.25) is 0 Å². The van der Waals surface area contributed by atoms with E-state index in [1.807, 2.05) is 13.8 Å². The quantitative estimate of drug-likeness (QED) is 0.684. The molecule has 6 heteroatoms. The third kappa shape index (κ3) is 0.955. The van der Waals surface area contributed by atoms with Crippen LogP contribution in [0.15, 0.2) is 0 Å². The van der Waals surface area contributed by atoms with Gasteiger partial charge in [0.1, 0.15) is 6.04 Å². The van der Waals surface area contributed by atoms with Crippen LogP contribution in [0.25, 0.3) is 0 Å². The lowest BCUT2D eigenvalue weighted by molar-refractivity contribution is -0.0578. The molecule has 15 heavy (non-hydrogen) atoms. The smallest absolute Gasteiger partial charge is 0.313 e. The average Bonchev–Trinajstić information content (AvgIpc) is 2.70. The molecule has 0 aliphatic carbocycles. The maximum atomic E-state index is 11.7. The van der Waals surface area contributed by atoms with Crippen LogP contribution in [0.1, 0.15) is 35.1 Å². The molecule has 0 radical (unpaired) electrons. The number of aryl methyl sites for hydroxylation is 1. The number of urea groups is 1. The highest BCUT2D eigenvalue weighted by Crippen LogP contribution is 2.45. The van der Waals surface area contributed by atoms with E-state index in [0.717, 1.165) is 21.2 Å². The lowest BCUT2D eigenvalue weighted by Gasteiger charge is -2.27. The van der Waals surface area contributed by atoms with Gasteiger partial charge in [0, 0.05) is 5.56 Å². The molecule has 1 aromatic rings. The molecule has 1 N–H and O–H groups in total. The maximum Gasteiger partial charge on any atom is 0.345 e. The Hall–Kier alpha value is -1.14. The Morgan fingerprint density at radius 2 is 2.33 bits per heavy atom. The van der Waals surface area contributed by atoms with Crippen molar-refractivity contribution in [3.63, 3.8) is 0 Å². The van der Waals surface area contributed by atoms with Gasteiger partial charge in [0.15, 0.2) is 0 Å². The second-order valence-corrected chi connectivity index (χ2v) is 4.82. The zero-order valence-corrected chi connectivity index (χ0v) is 9.28. The van der Waals surface area contributed by atoms with E-state index >= 15 is 0 Å². The minimum Gasteiger partial charge on any atom is -0.313 e. The Morgan fingerprint density at radius 1 is 1.60 bits per heavy atom. The van der Waals surface area contributed by atoms with Crippen LogP contribution in [0, 0.1) is 6.92 Å². The first-order chi connectivity index (χ1) is 7.11. The van der Waals surface area contributed by atoms with Crippen molar-refractivity contribution in [3.05, 3.63) is 16.1 Å². The summed E-state index contributed by atoms with van der Waals surface area (Å²) in [6, 6.07) is -0.482. The molecule has 2 bridgehead atoms. The standard InChI is InChI=1S/C9H11N3O2S/c1-4-7-5(2)11-3-6(8(7)15-10-4)12(14)9(11)13/h5-6,14H,3H2,1-2H3/t5-,6?/m1/s1. The third-order valence-corrected chi connectivity index (χ3v) is 4.28. The number of rotatable bonds is 0. The summed E-state index contributed by atoms with van der Waals surface area (Å²) < 4.78 is 4.29. The summed E-state index contributed by atoms with van der Waals surface area (Å²) in [6.07, 6.45) is 0. The largest absolute Gasteiger partial charge is 0.345 e. The van der Waals surface area contributed by atoms with Crippen LogP contribution in [0.2, 0.25) is 0 Å². The maximum absolute atomic E-state index is 11.7. The summed E-state index contributed by atoms with van der Waals surface area (Å²) in [4.78, 5) is 14.4. The van der Waals surface area contributed by atoms with Crippen LogP contribution in [-0.4, -0.2) is 32.1 Å². The number of amides is 2. The van der Waals surface area contributed by atoms with Crippen LogP contribution in [0.5, 0.6) is 0 Å². The molecule has 0 saturated carbocycles. The number of hydroxylamine groups is 2. The predicted molar refractivity (Wildman–Crippen MR) is 53.7 cm³/mol. The van der Waals surface area contributed by atoms with Gasteiger partial charge in [-0.25, -0.2) is 4.79 Å². The van der Waals surface area contributed by atoms with Crippen LogP contribution in [0.4, 0.5) is 4.79 Å². The molecule has 0 aromatic carbocycles. The molecule has 1 unspecified atom stereocenters. The minimum atomic E-state index is -0.296. The lowest BCUT2D eigenvalue weighted by atomic mass is 9.98. The SMILES string of the molecule is Cc1nsc2c1[C@@H](C)N1CC2N(O)C1=O. The van der Waals surface area contributed by atoms with E-state index in [-0.39, 0.29) is 18.1 Å². The van der Waals surface area contributed by atoms with Crippen LogP contribution in [-0.2, 0) is 0 Å². The Kier molecular flexibility index (Phi) is 1.64. The van der Waals surface area contributed by atoms with Gasteiger partial charge >= 0.3 is 6.03 Å². The molecule has 80 valence electrons. The molecule has 5 nitrogen and oxygen atoms in total. The van der Waals surface area contributed by atoms with Gasteiger partial charge in [-0.3, -0.25) is 5.21 Å². The Balaban J connectivity index is 2.20. The first-order valence-corrected chi connectivity index (χ1v) is 5.63. The number of carbonyl (C=O) groups is 1. The van der Waals surface area contributed by atoms with Crippen molar-refractivity contribution in [2.24, 2.45) is 0 Å². The van der Waals surface area contributed by atoms with Gasteiger partial charge in [-0.1, -0.05) is 0 Å². The second kappa shape index (κ2) is 2.70. The van der Waals surface area contributed by atoms with Gasteiger partial charge in [0.05, 0.1) is 23.2 Å². The van der Waals surface area contributed by atoms with Crippen molar-refractivity contribution in [1.29, 1.82) is 0 Å². The summed E-state index contributed by atoms with van der Waals surface area (Å²) in [5, 5.41) is 10.5. The van der Waals surface area contributed by atoms with E-state index in [2.05, 4.69) is 4.37 Å². The van der Waals surface area contributed by atoms with Crippen LogP contribution in [0.3, 0.4) is 0 Å². The number of aromatic nitrogens is 1. The van der Waals surface area contributed by atoms with Gasteiger partial charge < -0.3 is 4.90 Å². The first-order valence-electron chi connectivity index (χ1n) is 4.86. The summed E-state index contributed by atoms with van der Waals surface area (Å²) in [7, 11) is 0. The summed E-state index contributed by atoms with van der Waals surface area (Å²) in [5.74, 6) is 0. The average molecular weight is 225 g/mol. The fourth-order valence-electron chi connectivity index (χ4n) is 2.42. The molecule has 2 amide bonds. The normalized spacial score (nSPS) is 28.6.